The van der Waals surface area contributed by atoms with E-state index in [9.17, 15) is 0 Å². The van der Waals surface area contributed by atoms with Crippen molar-refractivity contribution in [1.29, 1.82) is 0 Å². The number of nitrogens with one attached hydrogen (secondary N) is 1. The number of hydrogen-bond donors (Lipinski definition) is 1. The van der Waals surface area contributed by atoms with Gasteiger partial charge in [0.05, 0.1) is 0 Å². The Morgan fingerprint density at radius 3 is 3.05 bits per heavy atom. The molecule has 0 aliphatic carbocycles. The fourth-order valence-electron chi connectivity index (χ4n) is 2.01. The molecule has 1 aromatic carbocycles. The molecule has 0 fully saturated rings. The fourth-order valence-corrected chi connectivity index (χ4v) is 2.61. The van der Waals surface area contributed by atoms with Crippen molar-refractivity contribution < 1.29 is 4.74 Å². The lowest BCUT2D eigenvalue weighted by molar-refractivity contribution is 0.305. The Morgan fingerprint density at radius 1 is 1.24 bits per heavy atom. The molecule has 0 atom stereocenters. The first kappa shape index (κ1) is 13.8. The molecule has 0 spiro atoms. The summed E-state index contributed by atoms with van der Waals surface area (Å²) in [6.07, 6.45) is 2.83. The van der Waals surface area contributed by atoms with Crippen LogP contribution in [-0.2, 0) is 6.61 Å². The smallest absolute Gasteiger partial charge is 0.146 e. The second-order valence-electron chi connectivity index (χ2n) is 4.60. The highest BCUT2D eigenvalue weighted by Gasteiger charge is 2.09. The Balaban J connectivity index is 1.76. The van der Waals surface area contributed by atoms with Gasteiger partial charge in [0.2, 0.25) is 0 Å². The first-order valence-electron chi connectivity index (χ1n) is 6.90. The molecular formula is C15H16N4OS. The van der Waals surface area contributed by atoms with Gasteiger partial charge in [-0.1, -0.05) is 29.6 Å². The Kier molecular flexibility index (Phi) is 4.25. The summed E-state index contributed by atoms with van der Waals surface area (Å²) >= 11 is 1.36. The van der Waals surface area contributed by atoms with Crippen molar-refractivity contribution in [1.82, 2.24) is 14.6 Å². The van der Waals surface area contributed by atoms with E-state index in [4.69, 9.17) is 4.74 Å². The van der Waals surface area contributed by atoms with Gasteiger partial charge in [-0.15, -0.1) is 5.10 Å². The van der Waals surface area contributed by atoms with Gasteiger partial charge >= 0.3 is 0 Å². The minimum atomic E-state index is 0.387. The van der Waals surface area contributed by atoms with Gasteiger partial charge in [0.15, 0.2) is 0 Å². The Hall–Kier alpha value is -2.21. The van der Waals surface area contributed by atoms with Gasteiger partial charge < -0.3 is 10.1 Å². The first-order valence-corrected chi connectivity index (χ1v) is 7.67. The van der Waals surface area contributed by atoms with E-state index in [-0.39, 0.29) is 0 Å². The maximum atomic E-state index is 5.89. The van der Waals surface area contributed by atoms with Crippen LogP contribution in [0.3, 0.4) is 0 Å². The molecule has 2 aromatic heterocycles. The molecule has 0 unspecified atom stereocenters. The molecule has 5 nitrogen and oxygen atoms in total. The maximum Gasteiger partial charge on any atom is 0.146 e. The second-order valence-corrected chi connectivity index (χ2v) is 5.35. The van der Waals surface area contributed by atoms with E-state index in [1.54, 1.807) is 6.20 Å². The molecule has 21 heavy (non-hydrogen) atoms. The summed E-state index contributed by atoms with van der Waals surface area (Å²) in [4.78, 5) is 4.38. The third kappa shape index (κ3) is 3.11. The number of aromatic nitrogens is 3. The summed E-state index contributed by atoms with van der Waals surface area (Å²) in [5.74, 6) is 0.766. The van der Waals surface area contributed by atoms with E-state index < -0.39 is 0 Å². The van der Waals surface area contributed by atoms with Crippen LogP contribution in [0.25, 0.3) is 10.9 Å². The minimum Gasteiger partial charge on any atom is -0.485 e. The van der Waals surface area contributed by atoms with E-state index in [0.29, 0.717) is 6.61 Å². The van der Waals surface area contributed by atoms with Crippen molar-refractivity contribution in [2.45, 2.75) is 20.0 Å². The third-order valence-electron chi connectivity index (χ3n) is 3.05. The molecule has 0 aliphatic rings. The van der Waals surface area contributed by atoms with Crippen LogP contribution in [0.1, 0.15) is 19.0 Å². The number of hydrogen-bond acceptors (Lipinski definition) is 6. The van der Waals surface area contributed by atoms with Crippen molar-refractivity contribution in [2.24, 2.45) is 0 Å². The van der Waals surface area contributed by atoms with Gasteiger partial charge in [-0.2, -0.15) is 0 Å². The van der Waals surface area contributed by atoms with E-state index in [1.807, 2.05) is 30.3 Å². The van der Waals surface area contributed by atoms with Crippen molar-refractivity contribution in [3.8, 4) is 5.75 Å². The van der Waals surface area contributed by atoms with Crippen LogP contribution in [0.2, 0.25) is 0 Å². The maximum absolute atomic E-state index is 5.89. The van der Waals surface area contributed by atoms with E-state index in [0.717, 1.165) is 40.3 Å². The Bertz CT molecular complexity index is 723. The number of benzene rings is 1. The van der Waals surface area contributed by atoms with Gasteiger partial charge in [0, 0.05) is 29.7 Å². The number of rotatable bonds is 6. The number of fused-ring (bicyclic) bond motifs is 1. The number of anilines is 1. The predicted molar refractivity (Wildman–Crippen MR) is 84.8 cm³/mol. The van der Waals surface area contributed by atoms with Crippen LogP contribution in [0, 0.1) is 0 Å². The van der Waals surface area contributed by atoms with Gasteiger partial charge in [-0.3, -0.25) is 4.98 Å². The van der Waals surface area contributed by atoms with Crippen LogP contribution in [-0.4, -0.2) is 21.1 Å². The van der Waals surface area contributed by atoms with Crippen LogP contribution >= 0.6 is 11.5 Å². The van der Waals surface area contributed by atoms with Gasteiger partial charge in [0.1, 0.15) is 28.6 Å². The van der Waals surface area contributed by atoms with Crippen LogP contribution in [0.5, 0.6) is 5.75 Å². The highest BCUT2D eigenvalue weighted by molar-refractivity contribution is 7.10. The lowest BCUT2D eigenvalue weighted by Gasteiger charge is -2.08. The molecular weight excluding hydrogens is 284 g/mol. The third-order valence-corrected chi connectivity index (χ3v) is 3.78. The van der Waals surface area contributed by atoms with E-state index in [2.05, 4.69) is 26.8 Å². The molecule has 2 heterocycles. The topological polar surface area (TPSA) is 59.9 Å². The molecule has 0 amide bonds. The second kappa shape index (κ2) is 6.49. The summed E-state index contributed by atoms with van der Waals surface area (Å²) in [6.45, 7) is 3.42. The standard InChI is InChI=1S/C15H16N4OS/c1-2-8-17-15-12(18-19-21-15)10-20-13-7-3-5-11-6-4-9-16-14(11)13/h3-7,9,17H,2,8,10H2,1H3. The Morgan fingerprint density at radius 2 is 2.14 bits per heavy atom. The number of nitrogens with zero attached hydrogens (tertiary/aromatic N) is 3. The normalized spacial score (nSPS) is 10.7. The molecule has 0 aliphatic heterocycles. The zero-order chi connectivity index (χ0) is 14.5. The monoisotopic (exact) mass is 300 g/mol. The van der Waals surface area contributed by atoms with Crippen LogP contribution < -0.4 is 10.1 Å². The first-order chi connectivity index (χ1) is 10.4. The van der Waals surface area contributed by atoms with Crippen LogP contribution in [0.4, 0.5) is 5.00 Å². The zero-order valence-electron chi connectivity index (χ0n) is 11.7. The van der Waals surface area contributed by atoms with Crippen molar-refractivity contribution in [3.63, 3.8) is 0 Å². The van der Waals surface area contributed by atoms with E-state index in [1.165, 1.54) is 11.5 Å². The lowest BCUT2D eigenvalue weighted by atomic mass is 10.2. The summed E-state index contributed by atoms with van der Waals surface area (Å²) in [6, 6.07) is 9.86. The quantitative estimate of drug-likeness (QED) is 0.755. The number of para-hydroxylation sites is 1. The van der Waals surface area contributed by atoms with Crippen molar-refractivity contribution in [2.75, 3.05) is 11.9 Å². The average molecular weight is 300 g/mol. The summed E-state index contributed by atoms with van der Waals surface area (Å²) in [5, 5.41) is 9.48. The molecule has 0 radical (unpaired) electrons. The SMILES string of the molecule is CCCNc1snnc1COc1cccc2cccnc12. The highest BCUT2D eigenvalue weighted by atomic mass is 32.1. The van der Waals surface area contributed by atoms with Gasteiger partial charge in [-0.05, 0) is 18.6 Å². The molecule has 1 N–H and O–H groups in total. The summed E-state index contributed by atoms with van der Waals surface area (Å²) in [5.41, 5.74) is 1.70. The predicted octanol–water partition coefficient (Wildman–Crippen LogP) is 3.49. The average Bonchev–Trinajstić information content (AvgIpc) is 2.98. The zero-order valence-corrected chi connectivity index (χ0v) is 12.6. The number of ether oxygens (including phenoxy) is 1. The van der Waals surface area contributed by atoms with Crippen LogP contribution in [0.15, 0.2) is 36.5 Å². The molecule has 3 aromatic rings. The molecule has 0 saturated carbocycles. The van der Waals surface area contributed by atoms with Gasteiger partial charge in [-0.25, -0.2) is 0 Å². The molecule has 0 saturated heterocycles. The fraction of sp³-hybridized carbons (Fsp3) is 0.267. The molecule has 108 valence electrons. The van der Waals surface area contributed by atoms with Crippen molar-refractivity contribution >= 4 is 27.4 Å². The van der Waals surface area contributed by atoms with E-state index >= 15 is 0 Å². The summed E-state index contributed by atoms with van der Waals surface area (Å²) < 4.78 is 9.87. The van der Waals surface area contributed by atoms with Crippen molar-refractivity contribution in [3.05, 3.63) is 42.2 Å². The number of pyridine rings is 1. The molecule has 0 bridgehead atoms. The Labute approximate surface area is 127 Å². The molecule has 6 heteroatoms. The van der Waals surface area contributed by atoms with Gasteiger partial charge in [0.25, 0.3) is 0 Å². The lowest BCUT2D eigenvalue weighted by Crippen LogP contribution is -2.04. The summed E-state index contributed by atoms with van der Waals surface area (Å²) in [7, 11) is 0. The largest absolute Gasteiger partial charge is 0.485 e. The highest BCUT2D eigenvalue weighted by Crippen LogP contribution is 2.25. The minimum absolute atomic E-state index is 0.387. The molecule has 3 rings (SSSR count).